The number of aromatic nitrogens is 1. The molecule has 0 atom stereocenters. The van der Waals surface area contributed by atoms with Gasteiger partial charge in [0, 0.05) is 25.5 Å². The van der Waals surface area contributed by atoms with E-state index in [0.29, 0.717) is 11.7 Å². The van der Waals surface area contributed by atoms with Crippen molar-refractivity contribution >= 4 is 17.3 Å². The highest BCUT2D eigenvalue weighted by Crippen LogP contribution is 2.22. The quantitative estimate of drug-likeness (QED) is 0.847. The second-order valence-electron chi connectivity index (χ2n) is 6.34. The molecule has 2 N–H and O–H groups in total. The standard InChI is InChI=1S/C18H23N3S/c1-18(2,3)16-6-4-14(5-7-16)12-20-17(22)21-13-15-8-10-19-11-9-15/h4-11H,12-13H2,1-3H3,(H2,20,21,22). The monoisotopic (exact) mass is 313 g/mol. The van der Waals surface area contributed by atoms with Crippen LogP contribution in [0.1, 0.15) is 37.5 Å². The Hall–Kier alpha value is -1.94. The summed E-state index contributed by atoms with van der Waals surface area (Å²) in [5, 5.41) is 7.09. The zero-order valence-corrected chi connectivity index (χ0v) is 14.2. The Bertz CT molecular complexity index is 600. The summed E-state index contributed by atoms with van der Waals surface area (Å²) in [6.45, 7) is 8.10. The van der Waals surface area contributed by atoms with Crippen LogP contribution >= 0.6 is 12.2 Å². The van der Waals surface area contributed by atoms with Crippen molar-refractivity contribution in [3.63, 3.8) is 0 Å². The molecule has 0 aliphatic heterocycles. The second kappa shape index (κ2) is 7.36. The summed E-state index contributed by atoms with van der Waals surface area (Å²) in [7, 11) is 0. The van der Waals surface area contributed by atoms with Crippen molar-refractivity contribution in [3.05, 3.63) is 65.5 Å². The highest BCUT2D eigenvalue weighted by molar-refractivity contribution is 7.80. The largest absolute Gasteiger partial charge is 0.359 e. The fraction of sp³-hybridized carbons (Fsp3) is 0.333. The van der Waals surface area contributed by atoms with Crippen LogP contribution in [0.4, 0.5) is 0 Å². The molecule has 0 amide bonds. The lowest BCUT2D eigenvalue weighted by Crippen LogP contribution is -2.34. The predicted molar refractivity (Wildman–Crippen MR) is 95.7 cm³/mol. The minimum atomic E-state index is 0.188. The Morgan fingerprint density at radius 3 is 1.91 bits per heavy atom. The maximum Gasteiger partial charge on any atom is 0.166 e. The fourth-order valence-corrected chi connectivity index (χ4v) is 2.19. The molecule has 3 nitrogen and oxygen atoms in total. The second-order valence-corrected chi connectivity index (χ2v) is 6.75. The topological polar surface area (TPSA) is 37.0 Å². The first-order valence-electron chi connectivity index (χ1n) is 7.45. The summed E-state index contributed by atoms with van der Waals surface area (Å²) in [5.41, 5.74) is 3.91. The lowest BCUT2D eigenvalue weighted by atomic mass is 9.87. The zero-order valence-electron chi connectivity index (χ0n) is 13.4. The lowest BCUT2D eigenvalue weighted by Gasteiger charge is -2.19. The summed E-state index contributed by atoms with van der Waals surface area (Å²) in [6.07, 6.45) is 3.56. The Morgan fingerprint density at radius 2 is 1.41 bits per heavy atom. The average Bonchev–Trinajstić information content (AvgIpc) is 2.51. The normalized spacial score (nSPS) is 11.0. The molecule has 0 bridgehead atoms. The zero-order chi connectivity index (χ0) is 16.0. The minimum absolute atomic E-state index is 0.188. The van der Waals surface area contributed by atoms with Crippen molar-refractivity contribution < 1.29 is 0 Å². The molecule has 0 radical (unpaired) electrons. The van der Waals surface area contributed by atoms with Crippen molar-refractivity contribution in [2.24, 2.45) is 0 Å². The molecule has 0 aliphatic carbocycles. The van der Waals surface area contributed by atoms with Crippen molar-refractivity contribution in [2.75, 3.05) is 0 Å². The summed E-state index contributed by atoms with van der Waals surface area (Å²) in [5.74, 6) is 0. The Balaban J connectivity index is 1.79. The first-order chi connectivity index (χ1) is 10.4. The van der Waals surface area contributed by atoms with Gasteiger partial charge in [0.2, 0.25) is 0 Å². The summed E-state index contributed by atoms with van der Waals surface area (Å²) < 4.78 is 0. The maximum atomic E-state index is 5.30. The van der Waals surface area contributed by atoms with Crippen molar-refractivity contribution in [3.8, 4) is 0 Å². The molecule has 0 fully saturated rings. The molecule has 2 aromatic rings. The van der Waals surface area contributed by atoms with E-state index < -0.39 is 0 Å². The van der Waals surface area contributed by atoms with Crippen LogP contribution in [-0.2, 0) is 18.5 Å². The molecule has 0 aliphatic rings. The van der Waals surface area contributed by atoms with E-state index in [9.17, 15) is 0 Å². The van der Waals surface area contributed by atoms with Gasteiger partial charge in [-0.3, -0.25) is 4.98 Å². The third-order valence-corrected chi connectivity index (χ3v) is 3.76. The van der Waals surface area contributed by atoms with E-state index >= 15 is 0 Å². The predicted octanol–water partition coefficient (Wildman–Crippen LogP) is 3.54. The van der Waals surface area contributed by atoms with E-state index in [-0.39, 0.29) is 5.41 Å². The van der Waals surface area contributed by atoms with Crippen molar-refractivity contribution in [1.82, 2.24) is 15.6 Å². The van der Waals surface area contributed by atoms with Crippen LogP contribution in [0.2, 0.25) is 0 Å². The number of rotatable bonds is 4. The molecule has 22 heavy (non-hydrogen) atoms. The Labute approximate surface area is 138 Å². The molecule has 0 saturated carbocycles. The van der Waals surface area contributed by atoms with Crippen LogP contribution in [0, 0.1) is 0 Å². The molecule has 0 unspecified atom stereocenters. The van der Waals surface area contributed by atoms with E-state index in [2.05, 4.69) is 60.7 Å². The highest BCUT2D eigenvalue weighted by Gasteiger charge is 2.12. The third-order valence-electron chi connectivity index (χ3n) is 3.48. The van der Waals surface area contributed by atoms with Gasteiger partial charge in [-0.15, -0.1) is 0 Å². The molecule has 1 aromatic heterocycles. The molecule has 0 saturated heterocycles. The van der Waals surface area contributed by atoms with Crippen LogP contribution in [-0.4, -0.2) is 10.1 Å². The third kappa shape index (κ3) is 5.11. The average molecular weight is 313 g/mol. The number of nitrogens with one attached hydrogen (secondary N) is 2. The van der Waals surface area contributed by atoms with Crippen LogP contribution in [0.25, 0.3) is 0 Å². The summed E-state index contributed by atoms with van der Waals surface area (Å²) in [4.78, 5) is 4.00. The molecule has 0 spiro atoms. The summed E-state index contributed by atoms with van der Waals surface area (Å²) >= 11 is 5.30. The van der Waals surface area contributed by atoms with Gasteiger partial charge in [-0.25, -0.2) is 0 Å². The van der Waals surface area contributed by atoms with Gasteiger partial charge >= 0.3 is 0 Å². The summed E-state index contributed by atoms with van der Waals surface area (Å²) in [6, 6.07) is 12.6. The van der Waals surface area contributed by atoms with Crippen LogP contribution in [0.3, 0.4) is 0 Å². The first-order valence-corrected chi connectivity index (χ1v) is 7.86. The Kier molecular flexibility index (Phi) is 5.50. The van der Waals surface area contributed by atoms with E-state index in [0.717, 1.165) is 12.1 Å². The van der Waals surface area contributed by atoms with Gasteiger partial charge in [-0.1, -0.05) is 45.0 Å². The highest BCUT2D eigenvalue weighted by atomic mass is 32.1. The molecule has 1 heterocycles. The number of thiocarbonyl (C=S) groups is 1. The molecule has 4 heteroatoms. The van der Waals surface area contributed by atoms with Crippen molar-refractivity contribution in [2.45, 2.75) is 39.3 Å². The van der Waals surface area contributed by atoms with E-state index in [1.165, 1.54) is 11.1 Å². The molecule has 2 rings (SSSR count). The van der Waals surface area contributed by atoms with Crippen LogP contribution < -0.4 is 10.6 Å². The number of pyridine rings is 1. The van der Waals surface area contributed by atoms with E-state index in [1.807, 2.05) is 12.1 Å². The maximum absolute atomic E-state index is 5.30. The molecular formula is C18H23N3S. The van der Waals surface area contributed by atoms with Crippen LogP contribution in [0.15, 0.2) is 48.8 Å². The number of nitrogens with zero attached hydrogens (tertiary/aromatic N) is 1. The SMILES string of the molecule is CC(C)(C)c1ccc(CNC(=S)NCc2ccncc2)cc1. The smallest absolute Gasteiger partial charge is 0.166 e. The molecular weight excluding hydrogens is 290 g/mol. The van der Waals surface area contributed by atoms with Gasteiger partial charge < -0.3 is 10.6 Å². The molecule has 116 valence electrons. The number of hydrogen-bond donors (Lipinski definition) is 2. The van der Waals surface area contributed by atoms with Gasteiger partial charge in [-0.05, 0) is 46.5 Å². The van der Waals surface area contributed by atoms with Gasteiger partial charge in [0.15, 0.2) is 5.11 Å². The van der Waals surface area contributed by atoms with Gasteiger partial charge in [0.1, 0.15) is 0 Å². The first kappa shape index (κ1) is 16.4. The number of hydrogen-bond acceptors (Lipinski definition) is 2. The van der Waals surface area contributed by atoms with Gasteiger partial charge in [0.25, 0.3) is 0 Å². The number of benzene rings is 1. The van der Waals surface area contributed by atoms with Gasteiger partial charge in [-0.2, -0.15) is 0 Å². The Morgan fingerprint density at radius 1 is 0.909 bits per heavy atom. The van der Waals surface area contributed by atoms with E-state index in [4.69, 9.17) is 12.2 Å². The minimum Gasteiger partial charge on any atom is -0.359 e. The molecule has 1 aromatic carbocycles. The van der Waals surface area contributed by atoms with Crippen molar-refractivity contribution in [1.29, 1.82) is 0 Å². The van der Waals surface area contributed by atoms with Crippen LogP contribution in [0.5, 0.6) is 0 Å². The van der Waals surface area contributed by atoms with E-state index in [1.54, 1.807) is 12.4 Å². The van der Waals surface area contributed by atoms with Gasteiger partial charge in [0.05, 0.1) is 0 Å². The lowest BCUT2D eigenvalue weighted by molar-refractivity contribution is 0.590. The fourth-order valence-electron chi connectivity index (χ4n) is 2.05.